The molecular weight excluding hydrogens is 450 g/mol. The lowest BCUT2D eigenvalue weighted by Gasteiger charge is -2.33. The van der Waals surface area contributed by atoms with Crippen molar-refractivity contribution in [1.29, 1.82) is 0 Å². The zero-order valence-corrected chi connectivity index (χ0v) is 20.1. The molecule has 2 aromatic carbocycles. The van der Waals surface area contributed by atoms with Crippen molar-refractivity contribution in [2.45, 2.75) is 57.3 Å². The van der Waals surface area contributed by atoms with Crippen LogP contribution in [0.5, 0.6) is 0 Å². The molecule has 0 radical (unpaired) electrons. The van der Waals surface area contributed by atoms with Crippen LogP contribution >= 0.6 is 11.6 Å². The monoisotopic (exact) mass is 479 g/mol. The molecule has 178 valence electrons. The van der Waals surface area contributed by atoms with E-state index in [9.17, 15) is 9.90 Å². The molecular formula is C26H30ClN5O2. The van der Waals surface area contributed by atoms with Gasteiger partial charge >= 0.3 is 0 Å². The lowest BCUT2D eigenvalue weighted by molar-refractivity contribution is 0.0527. The van der Waals surface area contributed by atoms with Crippen molar-refractivity contribution < 1.29 is 9.90 Å². The van der Waals surface area contributed by atoms with Crippen molar-refractivity contribution in [1.82, 2.24) is 25.0 Å². The summed E-state index contributed by atoms with van der Waals surface area (Å²) >= 11 is 6.59. The summed E-state index contributed by atoms with van der Waals surface area (Å²) in [4.78, 5) is 19.5. The van der Waals surface area contributed by atoms with Crippen molar-refractivity contribution in [2.24, 2.45) is 0 Å². The normalized spacial score (nSPS) is 18.4. The van der Waals surface area contributed by atoms with E-state index >= 15 is 0 Å². The Hall–Kier alpha value is -2.74. The molecule has 1 saturated carbocycles. The molecule has 0 spiro atoms. The Labute approximate surface area is 204 Å². The Morgan fingerprint density at radius 1 is 1.26 bits per heavy atom. The van der Waals surface area contributed by atoms with Gasteiger partial charge in [0, 0.05) is 31.2 Å². The first-order valence-corrected chi connectivity index (χ1v) is 12.4. The number of aromatic nitrogens is 3. The van der Waals surface area contributed by atoms with Gasteiger partial charge in [-0.1, -0.05) is 48.9 Å². The second kappa shape index (κ2) is 9.86. The highest BCUT2D eigenvalue weighted by Gasteiger charge is 2.30. The predicted octanol–water partition coefficient (Wildman–Crippen LogP) is 3.86. The second-order valence-electron chi connectivity index (χ2n) is 9.23. The summed E-state index contributed by atoms with van der Waals surface area (Å²) in [6.45, 7) is 3.55. The van der Waals surface area contributed by atoms with Gasteiger partial charge in [-0.25, -0.2) is 9.67 Å². The third-order valence-electron chi connectivity index (χ3n) is 6.69. The molecule has 0 unspecified atom stereocenters. The molecule has 0 bridgehead atoms. The van der Waals surface area contributed by atoms with E-state index in [1.807, 2.05) is 29.8 Å². The smallest absolute Gasteiger partial charge is 0.255 e. The fraction of sp³-hybridized carbons (Fsp3) is 0.423. The number of hydrogen-bond acceptors (Lipinski definition) is 5. The number of carbonyl (C=O) groups is 1. The van der Waals surface area contributed by atoms with E-state index in [0.717, 1.165) is 43.6 Å². The van der Waals surface area contributed by atoms with E-state index in [2.05, 4.69) is 27.5 Å². The maximum absolute atomic E-state index is 13.4. The fourth-order valence-electron chi connectivity index (χ4n) is 4.69. The molecule has 0 saturated heterocycles. The molecule has 2 aliphatic rings. The Balaban J connectivity index is 1.31. The first kappa shape index (κ1) is 23.0. The number of carbonyl (C=O) groups excluding carboxylic acids is 1. The summed E-state index contributed by atoms with van der Waals surface area (Å²) in [6, 6.07) is 14.0. The quantitative estimate of drug-likeness (QED) is 0.512. The molecule has 1 aliphatic carbocycles. The zero-order valence-electron chi connectivity index (χ0n) is 19.3. The molecule has 1 aliphatic heterocycles. The molecule has 3 aromatic rings. The van der Waals surface area contributed by atoms with Crippen LogP contribution in [-0.2, 0) is 13.0 Å². The van der Waals surface area contributed by atoms with Gasteiger partial charge in [0.25, 0.3) is 5.91 Å². The maximum atomic E-state index is 13.4. The fourth-order valence-corrected chi connectivity index (χ4v) is 4.95. The number of benzene rings is 2. The summed E-state index contributed by atoms with van der Waals surface area (Å²) in [5, 5.41) is 19.2. The maximum Gasteiger partial charge on any atom is 0.255 e. The minimum absolute atomic E-state index is 0.103. The molecule has 1 fully saturated rings. The van der Waals surface area contributed by atoms with Crippen molar-refractivity contribution >= 4 is 17.5 Å². The lowest BCUT2D eigenvalue weighted by atomic mass is 9.92. The van der Waals surface area contributed by atoms with E-state index in [-0.39, 0.29) is 18.5 Å². The van der Waals surface area contributed by atoms with Crippen molar-refractivity contribution in [2.75, 3.05) is 13.1 Å². The molecule has 5 rings (SSSR count). The van der Waals surface area contributed by atoms with Gasteiger partial charge in [-0.15, -0.1) is 0 Å². The Morgan fingerprint density at radius 2 is 2.06 bits per heavy atom. The summed E-state index contributed by atoms with van der Waals surface area (Å²) in [5.41, 5.74) is 3.79. The SMILES string of the molecule is CCCN(C[C@@H](O)[C@@H]1Cc2ccccc2CN1)C(=O)c1ccc(-c2ncnn2C2CC2)cc1Cl. The highest BCUT2D eigenvalue weighted by Crippen LogP contribution is 2.37. The summed E-state index contributed by atoms with van der Waals surface area (Å²) in [5.74, 6) is 0.602. The van der Waals surface area contributed by atoms with E-state index < -0.39 is 6.10 Å². The third kappa shape index (κ3) is 4.73. The molecule has 1 amide bonds. The van der Waals surface area contributed by atoms with Gasteiger partial charge in [0.1, 0.15) is 6.33 Å². The Morgan fingerprint density at radius 3 is 2.79 bits per heavy atom. The highest BCUT2D eigenvalue weighted by molar-refractivity contribution is 6.34. The number of aliphatic hydroxyl groups is 1. The van der Waals surface area contributed by atoms with Crippen LogP contribution in [-0.4, -0.2) is 55.9 Å². The van der Waals surface area contributed by atoms with Gasteiger partial charge in [-0.2, -0.15) is 5.10 Å². The first-order chi connectivity index (χ1) is 16.5. The topological polar surface area (TPSA) is 83.3 Å². The van der Waals surface area contributed by atoms with Crippen LogP contribution in [0.15, 0.2) is 48.8 Å². The molecule has 7 nitrogen and oxygen atoms in total. The molecule has 34 heavy (non-hydrogen) atoms. The largest absolute Gasteiger partial charge is 0.390 e. The average Bonchev–Trinajstić information content (AvgIpc) is 3.58. The van der Waals surface area contributed by atoms with Crippen LogP contribution in [0.1, 0.15) is 53.7 Å². The average molecular weight is 480 g/mol. The molecule has 2 N–H and O–H groups in total. The first-order valence-electron chi connectivity index (χ1n) is 12.0. The molecule has 2 atom stereocenters. The van der Waals surface area contributed by atoms with Crippen LogP contribution in [0.3, 0.4) is 0 Å². The van der Waals surface area contributed by atoms with E-state index in [1.54, 1.807) is 23.4 Å². The second-order valence-corrected chi connectivity index (χ2v) is 9.64. The number of hydrogen-bond donors (Lipinski definition) is 2. The number of fused-ring (bicyclic) bond motifs is 1. The van der Waals surface area contributed by atoms with Crippen LogP contribution in [0.4, 0.5) is 0 Å². The van der Waals surface area contributed by atoms with Gasteiger partial charge < -0.3 is 15.3 Å². The summed E-state index contributed by atoms with van der Waals surface area (Å²) < 4.78 is 1.93. The molecule has 2 heterocycles. The van der Waals surface area contributed by atoms with E-state index in [1.165, 1.54) is 11.1 Å². The van der Waals surface area contributed by atoms with Crippen molar-refractivity contribution in [3.05, 3.63) is 70.5 Å². The predicted molar refractivity (Wildman–Crippen MR) is 132 cm³/mol. The van der Waals surface area contributed by atoms with Crippen molar-refractivity contribution in [3.8, 4) is 11.4 Å². The Kier molecular flexibility index (Phi) is 6.68. The standard InChI is InChI=1S/C26H30ClN5O2/c1-2-11-31(15-24(33)23-13-17-5-3-4-6-19(17)14-28-23)26(34)21-10-7-18(12-22(21)27)25-29-16-30-32(25)20-8-9-20/h3-7,10,12,16,20,23-24,28,33H,2,8-9,11,13-15H2,1H3/t23-,24+/m0/s1. The van der Waals surface area contributed by atoms with Crippen LogP contribution in [0, 0.1) is 0 Å². The Bertz CT molecular complexity index is 1180. The number of halogens is 1. The van der Waals surface area contributed by atoms with Crippen LogP contribution < -0.4 is 5.32 Å². The lowest BCUT2D eigenvalue weighted by Crippen LogP contribution is -2.50. The van der Waals surface area contributed by atoms with Gasteiger partial charge in [-0.05, 0) is 48.9 Å². The van der Waals surface area contributed by atoms with Gasteiger partial charge in [0.05, 0.1) is 22.7 Å². The van der Waals surface area contributed by atoms with Gasteiger partial charge in [-0.3, -0.25) is 4.79 Å². The van der Waals surface area contributed by atoms with Crippen LogP contribution in [0.2, 0.25) is 5.02 Å². The molecule has 1 aromatic heterocycles. The molecule has 8 heteroatoms. The third-order valence-corrected chi connectivity index (χ3v) is 7.00. The van der Waals surface area contributed by atoms with Crippen molar-refractivity contribution in [3.63, 3.8) is 0 Å². The van der Waals surface area contributed by atoms with Gasteiger partial charge in [0.2, 0.25) is 0 Å². The highest BCUT2D eigenvalue weighted by atomic mass is 35.5. The zero-order chi connectivity index (χ0) is 23.7. The minimum atomic E-state index is -0.681. The minimum Gasteiger partial charge on any atom is -0.390 e. The summed E-state index contributed by atoms with van der Waals surface area (Å²) in [7, 11) is 0. The number of aliphatic hydroxyl groups excluding tert-OH is 1. The summed E-state index contributed by atoms with van der Waals surface area (Å²) in [6.07, 6.45) is 4.62. The number of amides is 1. The number of nitrogens with zero attached hydrogens (tertiary/aromatic N) is 4. The van der Waals surface area contributed by atoms with Gasteiger partial charge in [0.15, 0.2) is 5.82 Å². The van der Waals surface area contributed by atoms with E-state index in [4.69, 9.17) is 11.6 Å². The van der Waals surface area contributed by atoms with Crippen LogP contribution in [0.25, 0.3) is 11.4 Å². The number of rotatable bonds is 8. The van der Waals surface area contributed by atoms with E-state index in [0.29, 0.717) is 23.2 Å². The number of nitrogens with one attached hydrogen (secondary N) is 1.